The third-order valence-corrected chi connectivity index (χ3v) is 8.94. The van der Waals surface area contributed by atoms with Gasteiger partial charge in [0.2, 0.25) is 5.91 Å². The molecule has 7 nitrogen and oxygen atoms in total. The van der Waals surface area contributed by atoms with Gasteiger partial charge >= 0.3 is 5.97 Å². The van der Waals surface area contributed by atoms with Crippen LogP contribution in [-0.2, 0) is 11.3 Å². The number of thiophene rings is 1. The Hall–Kier alpha value is -2.89. The molecule has 4 rings (SSSR count). The van der Waals surface area contributed by atoms with Crippen LogP contribution in [0.3, 0.4) is 0 Å². The molecular weight excluding hydrogens is 534 g/mol. The van der Waals surface area contributed by atoms with Gasteiger partial charge in [0.1, 0.15) is 10.6 Å². The van der Waals surface area contributed by atoms with Crippen molar-refractivity contribution in [3.8, 4) is 17.6 Å². The van der Waals surface area contributed by atoms with Gasteiger partial charge in [-0.3, -0.25) is 9.78 Å². The van der Waals surface area contributed by atoms with E-state index in [9.17, 15) is 14.7 Å². The maximum atomic E-state index is 14.2. The maximum Gasteiger partial charge on any atom is 0.348 e. The van der Waals surface area contributed by atoms with E-state index in [2.05, 4.69) is 28.6 Å². The summed E-state index contributed by atoms with van der Waals surface area (Å²) in [5.74, 6) is 6.77. The van der Waals surface area contributed by atoms with Crippen LogP contribution in [-0.4, -0.2) is 53.1 Å². The van der Waals surface area contributed by atoms with Gasteiger partial charge < -0.3 is 19.6 Å². The number of anilines is 1. The molecule has 0 radical (unpaired) electrons. The first-order valence-electron chi connectivity index (χ1n) is 14.9. The van der Waals surface area contributed by atoms with E-state index in [1.54, 1.807) is 6.20 Å². The third-order valence-electron chi connectivity index (χ3n) is 7.91. The molecule has 2 aromatic rings. The van der Waals surface area contributed by atoms with Gasteiger partial charge in [0, 0.05) is 30.1 Å². The van der Waals surface area contributed by atoms with Crippen LogP contribution in [0.5, 0.6) is 5.75 Å². The van der Waals surface area contributed by atoms with E-state index in [0.717, 1.165) is 69.2 Å². The number of aromatic carboxylic acids is 1. The van der Waals surface area contributed by atoms with Gasteiger partial charge in [0.15, 0.2) is 0 Å². The van der Waals surface area contributed by atoms with Crippen molar-refractivity contribution in [3.05, 3.63) is 39.8 Å². The first-order chi connectivity index (χ1) is 19.4. The number of amides is 1. The van der Waals surface area contributed by atoms with Gasteiger partial charge in [0.05, 0.1) is 22.9 Å². The second-order valence-corrected chi connectivity index (χ2v) is 14.2. The Morgan fingerprint density at radius 2 is 1.73 bits per heavy atom. The van der Waals surface area contributed by atoms with Gasteiger partial charge in [-0.05, 0) is 110 Å². The second-order valence-electron chi connectivity index (χ2n) is 13.1. The number of carboxylic acids is 1. The molecule has 2 heterocycles. The number of pyridine rings is 1. The molecule has 0 aliphatic heterocycles. The Labute approximate surface area is 249 Å². The van der Waals surface area contributed by atoms with Crippen LogP contribution in [0.15, 0.2) is 24.5 Å². The molecule has 1 amide bonds. The number of carbonyl (C=O) groups excluding carboxylic acids is 1. The minimum absolute atomic E-state index is 0.0322. The summed E-state index contributed by atoms with van der Waals surface area (Å²) in [5, 5.41) is 10.2. The van der Waals surface area contributed by atoms with Crippen molar-refractivity contribution in [2.24, 2.45) is 17.3 Å². The lowest BCUT2D eigenvalue weighted by Crippen LogP contribution is -2.47. The zero-order valence-electron chi connectivity index (χ0n) is 25.4. The van der Waals surface area contributed by atoms with Crippen molar-refractivity contribution >= 4 is 28.9 Å². The number of nitrogens with zero attached hydrogens (tertiary/aromatic N) is 3. The van der Waals surface area contributed by atoms with Gasteiger partial charge in [-0.2, -0.15) is 0 Å². The molecule has 0 saturated heterocycles. The molecule has 2 fully saturated rings. The summed E-state index contributed by atoms with van der Waals surface area (Å²) in [6, 6.07) is 3.81. The first kappa shape index (κ1) is 31.1. The Bertz CT molecular complexity index is 1270. The largest absolute Gasteiger partial charge is 0.489 e. The monoisotopic (exact) mass is 579 g/mol. The third kappa shape index (κ3) is 8.56. The fourth-order valence-electron chi connectivity index (χ4n) is 5.82. The predicted molar refractivity (Wildman–Crippen MR) is 165 cm³/mol. The number of hydrogen-bond acceptors (Lipinski definition) is 6. The standard InChI is InChI=1S/C33H45N3O4S/c1-22-7-9-24(10-8-22)31(37)36(29-18-28(15-16-33(2,3)4)41-30(29)32(38)39)25-11-13-26(14-12-25)40-27-17-23(19-34-20-27)21-35(5)6/h17-20,22,24-26H,7-14,21H2,1-6H3,(H,38,39). The maximum absolute atomic E-state index is 14.2. The van der Waals surface area contributed by atoms with Gasteiger partial charge in [-0.1, -0.05) is 18.8 Å². The van der Waals surface area contributed by atoms with Crippen molar-refractivity contribution < 1.29 is 19.4 Å². The molecule has 2 aromatic heterocycles. The molecule has 0 atom stereocenters. The van der Waals surface area contributed by atoms with Crippen molar-refractivity contribution in [1.29, 1.82) is 0 Å². The van der Waals surface area contributed by atoms with Crippen molar-refractivity contribution in [2.75, 3.05) is 19.0 Å². The highest BCUT2D eigenvalue weighted by atomic mass is 32.1. The van der Waals surface area contributed by atoms with E-state index in [1.807, 2.05) is 58.1 Å². The van der Waals surface area contributed by atoms with Gasteiger partial charge in [-0.25, -0.2) is 4.79 Å². The summed E-state index contributed by atoms with van der Waals surface area (Å²) in [7, 11) is 4.05. The smallest absolute Gasteiger partial charge is 0.348 e. The fourth-order valence-corrected chi connectivity index (χ4v) is 6.66. The summed E-state index contributed by atoms with van der Waals surface area (Å²) < 4.78 is 6.33. The number of carboxylic acid groups (broad SMARTS) is 1. The summed E-state index contributed by atoms with van der Waals surface area (Å²) in [4.78, 5) is 35.8. The molecule has 1 N–H and O–H groups in total. The normalized spacial score (nSPS) is 23.0. The molecule has 0 aromatic carbocycles. The molecule has 8 heteroatoms. The molecule has 222 valence electrons. The Balaban J connectivity index is 1.57. The van der Waals surface area contributed by atoms with Crippen molar-refractivity contribution in [1.82, 2.24) is 9.88 Å². The molecule has 0 unspecified atom stereocenters. The van der Waals surface area contributed by atoms with Crippen LogP contribution >= 0.6 is 11.3 Å². The van der Waals surface area contributed by atoms with Crippen LogP contribution < -0.4 is 9.64 Å². The number of aromatic nitrogens is 1. The minimum atomic E-state index is -1.01. The lowest BCUT2D eigenvalue weighted by molar-refractivity contribution is -0.124. The highest BCUT2D eigenvalue weighted by molar-refractivity contribution is 7.15. The van der Waals surface area contributed by atoms with E-state index in [-0.39, 0.29) is 34.3 Å². The van der Waals surface area contributed by atoms with E-state index >= 15 is 0 Å². The average Bonchev–Trinajstić information content (AvgIpc) is 3.33. The fraction of sp³-hybridized carbons (Fsp3) is 0.606. The van der Waals surface area contributed by atoms with Crippen molar-refractivity contribution in [3.63, 3.8) is 0 Å². The van der Waals surface area contributed by atoms with Crippen LogP contribution in [0.4, 0.5) is 5.69 Å². The average molecular weight is 580 g/mol. The topological polar surface area (TPSA) is 83.0 Å². The Kier molecular flexibility index (Phi) is 10.1. The molecule has 2 saturated carbocycles. The zero-order valence-corrected chi connectivity index (χ0v) is 26.2. The molecular formula is C33H45N3O4S. The van der Waals surface area contributed by atoms with E-state index in [1.165, 1.54) is 11.3 Å². The van der Waals surface area contributed by atoms with Gasteiger partial charge in [-0.15, -0.1) is 11.3 Å². The Morgan fingerprint density at radius 1 is 1.05 bits per heavy atom. The van der Waals surface area contributed by atoms with Crippen LogP contribution in [0.1, 0.15) is 99.2 Å². The first-order valence-corrected chi connectivity index (χ1v) is 15.7. The highest BCUT2D eigenvalue weighted by Crippen LogP contribution is 2.39. The molecule has 2 aliphatic carbocycles. The van der Waals surface area contributed by atoms with Crippen LogP contribution in [0, 0.1) is 29.1 Å². The summed E-state index contributed by atoms with van der Waals surface area (Å²) >= 11 is 1.17. The molecule has 0 spiro atoms. The zero-order chi connectivity index (χ0) is 29.7. The van der Waals surface area contributed by atoms with E-state index < -0.39 is 5.97 Å². The lowest BCUT2D eigenvalue weighted by Gasteiger charge is -2.39. The number of hydrogen-bond donors (Lipinski definition) is 1. The van der Waals surface area contributed by atoms with E-state index in [0.29, 0.717) is 16.5 Å². The van der Waals surface area contributed by atoms with E-state index in [4.69, 9.17) is 4.74 Å². The highest BCUT2D eigenvalue weighted by Gasteiger charge is 2.37. The molecule has 41 heavy (non-hydrogen) atoms. The number of rotatable bonds is 8. The number of carbonyl (C=O) groups is 2. The Morgan fingerprint density at radius 3 is 2.34 bits per heavy atom. The molecule has 0 bridgehead atoms. The number of ether oxygens (including phenoxy) is 1. The van der Waals surface area contributed by atoms with Crippen LogP contribution in [0.2, 0.25) is 0 Å². The minimum Gasteiger partial charge on any atom is -0.489 e. The van der Waals surface area contributed by atoms with Gasteiger partial charge in [0.25, 0.3) is 0 Å². The second kappa shape index (κ2) is 13.4. The summed E-state index contributed by atoms with van der Waals surface area (Å²) in [5.41, 5.74) is 1.40. The SMILES string of the molecule is CC1CCC(C(=O)N(c2cc(C#CC(C)(C)C)sc2C(=O)O)C2CCC(Oc3cncc(CN(C)C)c3)CC2)CC1. The van der Waals surface area contributed by atoms with Crippen LogP contribution in [0.25, 0.3) is 0 Å². The molecule has 2 aliphatic rings. The lowest BCUT2D eigenvalue weighted by atomic mass is 9.81. The summed E-state index contributed by atoms with van der Waals surface area (Å²) in [6.45, 7) is 9.13. The quantitative estimate of drug-likeness (QED) is 0.345. The predicted octanol–water partition coefficient (Wildman–Crippen LogP) is 6.85. The summed E-state index contributed by atoms with van der Waals surface area (Å²) in [6.07, 6.45) is 10.5. The van der Waals surface area contributed by atoms with Crippen molar-refractivity contribution in [2.45, 2.75) is 97.8 Å².